The van der Waals surface area contributed by atoms with E-state index in [1.807, 2.05) is 0 Å². The Kier molecular flexibility index (Phi) is 12.7. The summed E-state index contributed by atoms with van der Waals surface area (Å²) in [5, 5.41) is 43.0. The van der Waals surface area contributed by atoms with E-state index in [9.17, 15) is 40.5 Å². The monoisotopic (exact) mass is 512 g/mol. The van der Waals surface area contributed by atoms with Gasteiger partial charge in [0.25, 0.3) is 0 Å². The first-order valence-electron chi connectivity index (χ1n) is 10.4. The molecule has 2 rings (SSSR count). The van der Waals surface area contributed by atoms with Crippen LogP contribution in [0.4, 0.5) is 22.7 Å². The molecule has 0 saturated heterocycles. The van der Waals surface area contributed by atoms with Crippen LogP contribution in [-0.4, -0.2) is 59.3 Å². The fourth-order valence-electron chi connectivity index (χ4n) is 2.63. The van der Waals surface area contributed by atoms with Gasteiger partial charge in [-0.2, -0.15) is 0 Å². The topological polar surface area (TPSA) is 209 Å². The zero-order valence-corrected chi connectivity index (χ0v) is 19.4. The Balaban J connectivity index is 0.000000360. The maximum Gasteiger partial charge on any atom is 0.387 e. The zero-order valence-electron chi connectivity index (χ0n) is 19.4. The van der Waals surface area contributed by atoms with E-state index in [0.717, 1.165) is 12.1 Å². The van der Waals surface area contributed by atoms with E-state index in [2.05, 4.69) is 0 Å². The van der Waals surface area contributed by atoms with Gasteiger partial charge in [-0.15, -0.1) is 0 Å². The van der Waals surface area contributed by atoms with Gasteiger partial charge in [-0.1, -0.05) is 12.1 Å². The van der Waals surface area contributed by atoms with E-state index in [0.29, 0.717) is 13.2 Å². The quantitative estimate of drug-likeness (QED) is 0.201. The number of nitro benzene ring substituents is 4. The van der Waals surface area contributed by atoms with Gasteiger partial charge in [-0.25, -0.2) is 0 Å². The van der Waals surface area contributed by atoms with Gasteiger partial charge < -0.3 is 18.9 Å². The lowest BCUT2D eigenvalue weighted by Crippen LogP contribution is -2.08. The van der Waals surface area contributed by atoms with Crippen molar-refractivity contribution in [2.45, 2.75) is 13.8 Å². The molecule has 0 heterocycles. The van der Waals surface area contributed by atoms with Crippen LogP contribution >= 0.6 is 0 Å². The molecule has 0 aliphatic carbocycles. The van der Waals surface area contributed by atoms with Crippen LogP contribution in [0.1, 0.15) is 13.8 Å². The van der Waals surface area contributed by atoms with Crippen LogP contribution < -0.4 is 9.47 Å². The summed E-state index contributed by atoms with van der Waals surface area (Å²) in [6.07, 6.45) is 0. The summed E-state index contributed by atoms with van der Waals surface area (Å²) < 4.78 is 20.2. The molecule has 0 amide bonds. The molecule has 0 spiro atoms. The second-order valence-electron chi connectivity index (χ2n) is 6.37. The number of nitrogens with zero attached hydrogens (tertiary/aromatic N) is 4. The third-order valence-electron chi connectivity index (χ3n) is 4.09. The second kappa shape index (κ2) is 15.5. The number of para-hydroxylation sites is 2. The van der Waals surface area contributed by atoms with Crippen LogP contribution in [0, 0.1) is 40.5 Å². The first-order chi connectivity index (χ1) is 17.1. The average molecular weight is 512 g/mol. The fourth-order valence-corrected chi connectivity index (χ4v) is 2.63. The predicted molar refractivity (Wildman–Crippen MR) is 123 cm³/mol. The molecule has 0 unspecified atom stereocenters. The fraction of sp³-hybridized carbons (Fsp3) is 0.400. The molecular formula is C20H24N4O12. The smallest absolute Gasteiger partial charge is 0.387 e. The van der Waals surface area contributed by atoms with Gasteiger partial charge >= 0.3 is 22.7 Å². The van der Waals surface area contributed by atoms with E-state index in [4.69, 9.17) is 18.9 Å². The summed E-state index contributed by atoms with van der Waals surface area (Å²) in [5.41, 5.74) is -2.46. The third kappa shape index (κ3) is 9.07. The summed E-state index contributed by atoms with van der Waals surface area (Å²) in [6, 6.07) is 7.43. The number of hydrogen-bond acceptors (Lipinski definition) is 12. The molecule has 0 N–H and O–H groups in total. The summed E-state index contributed by atoms with van der Waals surface area (Å²) in [7, 11) is 0. The van der Waals surface area contributed by atoms with Crippen LogP contribution in [0.25, 0.3) is 0 Å². The van der Waals surface area contributed by atoms with E-state index in [-0.39, 0.29) is 37.9 Å². The Morgan fingerprint density at radius 2 is 0.944 bits per heavy atom. The molecule has 36 heavy (non-hydrogen) atoms. The summed E-state index contributed by atoms with van der Waals surface area (Å²) >= 11 is 0. The largest absolute Gasteiger partial charge is 0.484 e. The second-order valence-corrected chi connectivity index (χ2v) is 6.37. The SMILES string of the molecule is CCOCCOc1cccc([N+](=O)[O-])c1[N+](=O)[O-].CCOCCOc1cccc([N+](=O)[O-])c1[N+](=O)[O-]. The molecule has 2 aromatic rings. The summed E-state index contributed by atoms with van der Waals surface area (Å²) in [5.74, 6) is -0.261. The normalized spacial score (nSPS) is 10.1. The highest BCUT2D eigenvalue weighted by Gasteiger charge is 2.30. The molecule has 2 aromatic carbocycles. The van der Waals surface area contributed by atoms with Gasteiger partial charge in [-0.05, 0) is 26.0 Å². The van der Waals surface area contributed by atoms with Crippen molar-refractivity contribution in [2.75, 3.05) is 39.6 Å². The number of nitro groups is 4. The van der Waals surface area contributed by atoms with Gasteiger partial charge in [0.05, 0.1) is 32.9 Å². The van der Waals surface area contributed by atoms with Gasteiger partial charge in [-0.3, -0.25) is 40.5 Å². The van der Waals surface area contributed by atoms with Crippen LogP contribution in [-0.2, 0) is 9.47 Å². The molecule has 0 bridgehead atoms. The van der Waals surface area contributed by atoms with E-state index in [1.54, 1.807) is 13.8 Å². The van der Waals surface area contributed by atoms with Crippen LogP contribution in [0.15, 0.2) is 36.4 Å². The van der Waals surface area contributed by atoms with Crippen molar-refractivity contribution in [1.29, 1.82) is 0 Å². The minimum Gasteiger partial charge on any atom is -0.484 e. The van der Waals surface area contributed by atoms with Crippen molar-refractivity contribution < 1.29 is 38.6 Å². The Labute approximate surface area is 203 Å². The van der Waals surface area contributed by atoms with E-state index >= 15 is 0 Å². The summed E-state index contributed by atoms with van der Waals surface area (Å²) in [4.78, 5) is 39.7. The highest BCUT2D eigenvalue weighted by Crippen LogP contribution is 2.36. The number of hydrogen-bond donors (Lipinski definition) is 0. The molecule has 0 aliphatic rings. The average Bonchev–Trinajstić information content (AvgIpc) is 2.84. The number of benzene rings is 2. The van der Waals surface area contributed by atoms with E-state index in [1.165, 1.54) is 24.3 Å². The highest BCUT2D eigenvalue weighted by atomic mass is 16.7. The molecule has 0 aromatic heterocycles. The molecule has 16 heteroatoms. The van der Waals surface area contributed by atoms with Crippen molar-refractivity contribution in [2.24, 2.45) is 0 Å². The molecule has 0 atom stereocenters. The Morgan fingerprint density at radius 1 is 0.583 bits per heavy atom. The number of ether oxygens (including phenoxy) is 4. The molecule has 196 valence electrons. The minimum absolute atomic E-state index is 0.0931. The molecule has 0 fully saturated rings. The standard InChI is InChI=1S/2C10H12N2O6/c2*1-2-17-6-7-18-9-5-3-4-8(11(13)14)10(9)12(15)16/h2*3-5H,2,6-7H2,1H3. The molecular weight excluding hydrogens is 488 g/mol. The molecule has 0 saturated carbocycles. The third-order valence-corrected chi connectivity index (χ3v) is 4.09. The molecule has 0 aliphatic heterocycles. The van der Waals surface area contributed by atoms with Crippen LogP contribution in [0.5, 0.6) is 11.5 Å². The Hall–Kier alpha value is -4.44. The van der Waals surface area contributed by atoms with Crippen LogP contribution in [0.2, 0.25) is 0 Å². The van der Waals surface area contributed by atoms with Gasteiger partial charge in [0.1, 0.15) is 13.2 Å². The zero-order chi connectivity index (χ0) is 27.1. The lowest BCUT2D eigenvalue weighted by Gasteiger charge is -2.06. The Morgan fingerprint density at radius 3 is 1.22 bits per heavy atom. The lowest BCUT2D eigenvalue weighted by atomic mass is 10.2. The number of rotatable bonds is 14. The van der Waals surface area contributed by atoms with Crippen LogP contribution in [0.3, 0.4) is 0 Å². The first kappa shape index (κ1) is 29.6. The van der Waals surface area contributed by atoms with Gasteiger partial charge in [0, 0.05) is 25.3 Å². The Bertz CT molecular complexity index is 979. The maximum atomic E-state index is 10.8. The molecule has 0 radical (unpaired) electrons. The predicted octanol–water partition coefficient (Wildman–Crippen LogP) is 3.84. The molecule has 16 nitrogen and oxygen atoms in total. The van der Waals surface area contributed by atoms with Crippen molar-refractivity contribution >= 4 is 22.7 Å². The lowest BCUT2D eigenvalue weighted by molar-refractivity contribution is -0.423. The van der Waals surface area contributed by atoms with Gasteiger partial charge in [0.2, 0.25) is 11.5 Å². The van der Waals surface area contributed by atoms with Crippen molar-refractivity contribution in [3.8, 4) is 11.5 Å². The van der Waals surface area contributed by atoms with Crippen molar-refractivity contribution in [3.63, 3.8) is 0 Å². The van der Waals surface area contributed by atoms with Gasteiger partial charge in [0.15, 0.2) is 0 Å². The maximum absolute atomic E-state index is 10.8. The first-order valence-corrected chi connectivity index (χ1v) is 10.4. The summed E-state index contributed by atoms with van der Waals surface area (Å²) in [6.45, 7) is 5.31. The van der Waals surface area contributed by atoms with Crippen molar-refractivity contribution in [1.82, 2.24) is 0 Å². The van der Waals surface area contributed by atoms with Crippen molar-refractivity contribution in [3.05, 3.63) is 76.9 Å². The highest BCUT2D eigenvalue weighted by molar-refractivity contribution is 5.62. The van der Waals surface area contributed by atoms with E-state index < -0.39 is 42.4 Å². The minimum atomic E-state index is -0.825.